The molecule has 0 amide bonds. The molecule has 5 rings (SSSR count). The van der Waals surface area contributed by atoms with Crippen molar-refractivity contribution < 1.29 is 4.79 Å². The molecule has 0 aromatic rings. The molecular formula is C28H44O. The molecule has 7 atom stereocenters. The molecule has 7 unspecified atom stereocenters. The molecule has 0 bridgehead atoms. The summed E-state index contributed by atoms with van der Waals surface area (Å²) in [5.74, 6) is 2.73. The van der Waals surface area contributed by atoms with Gasteiger partial charge in [0.05, 0.1) is 0 Å². The Balaban J connectivity index is 1.56. The number of allylic oxidation sites excluding steroid dienone is 2. The van der Waals surface area contributed by atoms with Gasteiger partial charge in [0.25, 0.3) is 0 Å². The summed E-state index contributed by atoms with van der Waals surface area (Å²) in [6.07, 6.45) is 16.5. The van der Waals surface area contributed by atoms with Crippen LogP contribution in [0.25, 0.3) is 0 Å². The quantitative estimate of drug-likeness (QED) is 0.383. The standard InChI is InChI=1S/C28H44O/c1-24(2)13-14-25(3)15-16-27(5)21(22(25)18-24)7-8-23-26(4)11-10-20(29)17-19(26)9-12-28(23,27)6/h7,19,22-23H,8-18H2,1-6H3. The van der Waals surface area contributed by atoms with Crippen molar-refractivity contribution in [3.8, 4) is 0 Å². The lowest BCUT2D eigenvalue weighted by Gasteiger charge is -2.69. The highest BCUT2D eigenvalue weighted by Gasteiger charge is 2.65. The van der Waals surface area contributed by atoms with Crippen LogP contribution in [0.1, 0.15) is 112 Å². The van der Waals surface area contributed by atoms with Crippen LogP contribution in [-0.2, 0) is 4.79 Å². The average Bonchev–Trinajstić information content (AvgIpc) is 2.65. The van der Waals surface area contributed by atoms with Crippen LogP contribution in [0.3, 0.4) is 0 Å². The molecule has 5 aliphatic rings. The molecule has 5 aliphatic carbocycles. The van der Waals surface area contributed by atoms with Gasteiger partial charge in [0.2, 0.25) is 0 Å². The Morgan fingerprint density at radius 2 is 1.62 bits per heavy atom. The third-order valence-corrected chi connectivity index (χ3v) is 11.9. The molecule has 1 nitrogen and oxygen atoms in total. The molecule has 4 saturated carbocycles. The van der Waals surface area contributed by atoms with Gasteiger partial charge in [-0.15, -0.1) is 0 Å². The number of fused-ring (bicyclic) bond motifs is 7. The van der Waals surface area contributed by atoms with Gasteiger partial charge in [0.15, 0.2) is 0 Å². The van der Waals surface area contributed by atoms with Crippen LogP contribution in [0.2, 0.25) is 0 Å². The molecule has 4 fully saturated rings. The maximum absolute atomic E-state index is 12.2. The molecule has 0 aliphatic heterocycles. The monoisotopic (exact) mass is 396 g/mol. The van der Waals surface area contributed by atoms with Crippen LogP contribution in [0.5, 0.6) is 0 Å². The SMILES string of the molecule is CC1(C)CCC2(C)CCC3(C)C(=CCC4C5(C)CCC(=O)CC5CCC43C)C2C1. The average molecular weight is 397 g/mol. The third kappa shape index (κ3) is 2.61. The van der Waals surface area contributed by atoms with Crippen LogP contribution in [0, 0.1) is 44.8 Å². The zero-order chi connectivity index (χ0) is 20.9. The molecular weight excluding hydrogens is 352 g/mol. The zero-order valence-electron chi connectivity index (χ0n) is 20.0. The van der Waals surface area contributed by atoms with Gasteiger partial charge in [-0.3, -0.25) is 4.79 Å². The van der Waals surface area contributed by atoms with Crippen molar-refractivity contribution in [2.24, 2.45) is 44.8 Å². The fourth-order valence-electron chi connectivity index (χ4n) is 9.46. The first-order valence-electron chi connectivity index (χ1n) is 12.7. The summed E-state index contributed by atoms with van der Waals surface area (Å²) in [6, 6.07) is 0. The van der Waals surface area contributed by atoms with Crippen LogP contribution in [-0.4, -0.2) is 5.78 Å². The summed E-state index contributed by atoms with van der Waals surface area (Å²) >= 11 is 0. The first kappa shape index (κ1) is 20.3. The van der Waals surface area contributed by atoms with Crippen molar-refractivity contribution in [2.45, 2.75) is 112 Å². The number of ketones is 1. The maximum atomic E-state index is 12.2. The highest BCUT2D eigenvalue weighted by Crippen LogP contribution is 2.74. The fraction of sp³-hybridized carbons (Fsp3) is 0.893. The summed E-state index contributed by atoms with van der Waals surface area (Å²) in [5.41, 5.74) is 4.04. The van der Waals surface area contributed by atoms with Gasteiger partial charge in [-0.1, -0.05) is 53.2 Å². The van der Waals surface area contributed by atoms with E-state index in [1.165, 1.54) is 51.4 Å². The van der Waals surface area contributed by atoms with Crippen LogP contribution in [0.4, 0.5) is 0 Å². The number of rotatable bonds is 0. The topological polar surface area (TPSA) is 17.1 Å². The first-order chi connectivity index (χ1) is 13.4. The summed E-state index contributed by atoms with van der Waals surface area (Å²) in [5, 5.41) is 0. The number of hydrogen-bond donors (Lipinski definition) is 0. The fourth-order valence-corrected chi connectivity index (χ4v) is 9.46. The highest BCUT2D eigenvalue weighted by molar-refractivity contribution is 5.79. The Morgan fingerprint density at radius 3 is 2.38 bits per heavy atom. The van der Waals surface area contributed by atoms with Crippen molar-refractivity contribution in [1.29, 1.82) is 0 Å². The number of carbonyl (C=O) groups is 1. The van der Waals surface area contributed by atoms with Gasteiger partial charge >= 0.3 is 0 Å². The zero-order valence-corrected chi connectivity index (χ0v) is 20.0. The maximum Gasteiger partial charge on any atom is 0.133 e. The molecule has 0 aromatic heterocycles. The van der Waals surface area contributed by atoms with Crippen molar-refractivity contribution in [1.82, 2.24) is 0 Å². The van der Waals surface area contributed by atoms with E-state index >= 15 is 0 Å². The minimum atomic E-state index is 0.364. The summed E-state index contributed by atoms with van der Waals surface area (Å²) < 4.78 is 0. The predicted octanol–water partition coefficient (Wildman–Crippen LogP) is 7.74. The van der Waals surface area contributed by atoms with Gasteiger partial charge in [-0.2, -0.15) is 0 Å². The third-order valence-electron chi connectivity index (χ3n) is 11.9. The van der Waals surface area contributed by atoms with E-state index in [-0.39, 0.29) is 0 Å². The van der Waals surface area contributed by atoms with Crippen molar-refractivity contribution in [3.63, 3.8) is 0 Å². The van der Waals surface area contributed by atoms with Crippen molar-refractivity contribution in [3.05, 3.63) is 11.6 Å². The largest absolute Gasteiger partial charge is 0.300 e. The lowest BCUT2D eigenvalue weighted by molar-refractivity contribution is -0.161. The van der Waals surface area contributed by atoms with E-state index in [1.807, 2.05) is 5.57 Å². The minimum Gasteiger partial charge on any atom is -0.300 e. The van der Waals surface area contributed by atoms with E-state index in [0.717, 1.165) is 31.1 Å². The second-order valence-electron chi connectivity index (χ2n) is 13.8. The summed E-state index contributed by atoms with van der Waals surface area (Å²) in [6.45, 7) is 15.6. The van der Waals surface area contributed by atoms with Crippen molar-refractivity contribution >= 4 is 5.78 Å². The molecule has 0 spiro atoms. The Hall–Kier alpha value is -0.590. The molecule has 0 radical (unpaired) electrons. The molecule has 0 aromatic carbocycles. The van der Waals surface area contributed by atoms with E-state index in [1.54, 1.807) is 0 Å². The van der Waals surface area contributed by atoms with Crippen LogP contribution >= 0.6 is 0 Å². The van der Waals surface area contributed by atoms with Crippen LogP contribution in [0.15, 0.2) is 11.6 Å². The summed E-state index contributed by atoms with van der Waals surface area (Å²) in [4.78, 5) is 12.2. The number of Topliss-reactive ketones (excluding diaryl/α,β-unsaturated/α-hetero) is 1. The normalized spacial score (nSPS) is 53.8. The lowest BCUT2D eigenvalue weighted by atomic mass is 9.35. The van der Waals surface area contributed by atoms with Gasteiger partial charge in [-0.25, -0.2) is 0 Å². The van der Waals surface area contributed by atoms with Crippen molar-refractivity contribution in [2.75, 3.05) is 0 Å². The predicted molar refractivity (Wildman–Crippen MR) is 121 cm³/mol. The van der Waals surface area contributed by atoms with Crippen LogP contribution < -0.4 is 0 Å². The summed E-state index contributed by atoms with van der Waals surface area (Å²) in [7, 11) is 0. The Bertz CT molecular complexity index is 760. The minimum absolute atomic E-state index is 0.364. The Labute approximate surface area is 179 Å². The second-order valence-corrected chi connectivity index (χ2v) is 13.8. The van der Waals surface area contributed by atoms with Gasteiger partial charge in [0, 0.05) is 12.8 Å². The second kappa shape index (κ2) is 6.01. The molecule has 0 N–H and O–H groups in total. The van der Waals surface area contributed by atoms with Gasteiger partial charge < -0.3 is 0 Å². The van der Waals surface area contributed by atoms with Gasteiger partial charge in [0.1, 0.15) is 5.78 Å². The Morgan fingerprint density at radius 1 is 0.897 bits per heavy atom. The molecule has 0 saturated heterocycles. The molecule has 162 valence electrons. The highest BCUT2D eigenvalue weighted by atomic mass is 16.1. The first-order valence-corrected chi connectivity index (χ1v) is 12.7. The van der Waals surface area contributed by atoms with E-state index in [4.69, 9.17) is 0 Å². The molecule has 29 heavy (non-hydrogen) atoms. The Kier molecular flexibility index (Phi) is 4.21. The van der Waals surface area contributed by atoms with E-state index in [9.17, 15) is 4.79 Å². The van der Waals surface area contributed by atoms with Gasteiger partial charge in [-0.05, 0) is 103 Å². The smallest absolute Gasteiger partial charge is 0.133 e. The van der Waals surface area contributed by atoms with E-state index < -0.39 is 0 Å². The molecule has 0 heterocycles. The lowest BCUT2D eigenvalue weighted by Crippen LogP contribution is -2.61. The molecule has 1 heteroatoms. The number of hydrogen-bond acceptors (Lipinski definition) is 1. The van der Waals surface area contributed by atoms with E-state index in [0.29, 0.717) is 38.8 Å². The number of carbonyl (C=O) groups excluding carboxylic acids is 1. The van der Waals surface area contributed by atoms with E-state index in [2.05, 4.69) is 47.6 Å².